The standard InChI is InChI=1S/C11H11F2N3O4/c1-19-7-3-2-6(4-8(7)20-11(12)13)5-15-16-10(18)9(14)17/h2-5,11H,1H3,(H2,14,17)(H,16,18)/b15-5-. The molecule has 0 radical (unpaired) electrons. The number of methoxy groups -OCH3 is 1. The SMILES string of the molecule is COc1ccc(/C=N\NC(=O)C(N)=O)cc1OC(F)F. The molecule has 20 heavy (non-hydrogen) atoms. The maximum atomic E-state index is 12.2. The lowest BCUT2D eigenvalue weighted by atomic mass is 10.2. The molecule has 1 aromatic carbocycles. The number of hydrogen-bond acceptors (Lipinski definition) is 5. The van der Waals surface area contributed by atoms with Crippen LogP contribution < -0.4 is 20.6 Å². The maximum Gasteiger partial charge on any atom is 0.387 e. The zero-order valence-electron chi connectivity index (χ0n) is 10.3. The third kappa shape index (κ3) is 4.52. The fraction of sp³-hybridized carbons (Fsp3) is 0.182. The van der Waals surface area contributed by atoms with Gasteiger partial charge >= 0.3 is 18.4 Å². The highest BCUT2D eigenvalue weighted by molar-refractivity contribution is 6.34. The fourth-order valence-electron chi connectivity index (χ4n) is 1.18. The maximum absolute atomic E-state index is 12.2. The highest BCUT2D eigenvalue weighted by atomic mass is 19.3. The van der Waals surface area contributed by atoms with Crippen LogP contribution in [0.3, 0.4) is 0 Å². The van der Waals surface area contributed by atoms with E-state index in [4.69, 9.17) is 4.74 Å². The molecule has 0 fully saturated rings. The molecular formula is C11H11F2N3O4. The minimum atomic E-state index is -3.01. The van der Waals surface area contributed by atoms with Crippen molar-refractivity contribution < 1.29 is 27.8 Å². The molecule has 0 saturated heterocycles. The first-order chi connectivity index (χ1) is 9.43. The Hall–Kier alpha value is -2.71. The summed E-state index contributed by atoms with van der Waals surface area (Å²) in [4.78, 5) is 21.2. The summed E-state index contributed by atoms with van der Waals surface area (Å²) < 4.78 is 33.5. The lowest BCUT2D eigenvalue weighted by Gasteiger charge is -2.09. The third-order valence-electron chi connectivity index (χ3n) is 2.01. The minimum Gasteiger partial charge on any atom is -0.493 e. The first-order valence-corrected chi connectivity index (χ1v) is 5.19. The van der Waals surface area contributed by atoms with Gasteiger partial charge in [0.25, 0.3) is 0 Å². The van der Waals surface area contributed by atoms with Gasteiger partial charge < -0.3 is 15.2 Å². The number of halogens is 2. The number of nitrogens with one attached hydrogen (secondary N) is 1. The molecule has 0 aliphatic rings. The zero-order valence-corrected chi connectivity index (χ0v) is 10.3. The summed E-state index contributed by atoms with van der Waals surface area (Å²) in [5.74, 6) is -2.37. The van der Waals surface area contributed by atoms with Gasteiger partial charge in [-0.05, 0) is 23.8 Å². The van der Waals surface area contributed by atoms with Gasteiger partial charge in [0.2, 0.25) is 0 Å². The van der Waals surface area contributed by atoms with Crippen LogP contribution in [0.5, 0.6) is 11.5 Å². The van der Waals surface area contributed by atoms with E-state index in [2.05, 4.69) is 15.6 Å². The van der Waals surface area contributed by atoms with Crippen LogP contribution in [0, 0.1) is 0 Å². The summed E-state index contributed by atoms with van der Waals surface area (Å²) in [6.07, 6.45) is 1.12. The van der Waals surface area contributed by atoms with Crippen molar-refractivity contribution in [1.82, 2.24) is 5.43 Å². The molecule has 1 rings (SSSR count). The van der Waals surface area contributed by atoms with Crippen LogP contribution >= 0.6 is 0 Å². The number of rotatable bonds is 5. The second kappa shape index (κ2) is 7.02. The minimum absolute atomic E-state index is 0.114. The molecule has 0 atom stereocenters. The molecule has 0 aromatic heterocycles. The van der Waals surface area contributed by atoms with Crippen molar-refractivity contribution in [1.29, 1.82) is 0 Å². The average molecular weight is 287 g/mol. The number of hydrazone groups is 1. The van der Waals surface area contributed by atoms with Gasteiger partial charge in [-0.1, -0.05) is 0 Å². The van der Waals surface area contributed by atoms with E-state index in [0.717, 1.165) is 6.21 Å². The Morgan fingerprint density at radius 1 is 1.40 bits per heavy atom. The predicted molar refractivity (Wildman–Crippen MR) is 64.6 cm³/mol. The van der Waals surface area contributed by atoms with E-state index in [0.29, 0.717) is 5.56 Å². The van der Waals surface area contributed by atoms with Gasteiger partial charge in [-0.15, -0.1) is 0 Å². The summed E-state index contributed by atoms with van der Waals surface area (Å²) in [5, 5.41) is 3.43. The van der Waals surface area contributed by atoms with Crippen LogP contribution in [0.4, 0.5) is 8.78 Å². The number of nitrogens with zero attached hydrogens (tertiary/aromatic N) is 1. The van der Waals surface area contributed by atoms with Crippen molar-refractivity contribution in [3.8, 4) is 11.5 Å². The Labute approximate surface area is 112 Å². The van der Waals surface area contributed by atoms with Crippen LogP contribution in [0.15, 0.2) is 23.3 Å². The van der Waals surface area contributed by atoms with Gasteiger partial charge in [0.15, 0.2) is 11.5 Å². The van der Waals surface area contributed by atoms with Crippen molar-refractivity contribution >= 4 is 18.0 Å². The summed E-state index contributed by atoms with van der Waals surface area (Å²) in [5.41, 5.74) is 6.88. The molecule has 0 spiro atoms. The van der Waals surface area contributed by atoms with E-state index >= 15 is 0 Å². The fourth-order valence-corrected chi connectivity index (χ4v) is 1.18. The van der Waals surface area contributed by atoms with Crippen LogP contribution in [0.1, 0.15) is 5.56 Å². The number of hydrogen-bond donors (Lipinski definition) is 2. The number of ether oxygens (including phenoxy) is 2. The van der Waals surface area contributed by atoms with E-state index in [9.17, 15) is 18.4 Å². The Balaban J connectivity index is 2.83. The largest absolute Gasteiger partial charge is 0.493 e. The Kier molecular flexibility index (Phi) is 5.39. The van der Waals surface area contributed by atoms with Crippen LogP contribution in [-0.4, -0.2) is 31.8 Å². The van der Waals surface area contributed by atoms with E-state index in [1.54, 1.807) is 0 Å². The Morgan fingerprint density at radius 2 is 2.10 bits per heavy atom. The average Bonchev–Trinajstić information content (AvgIpc) is 2.38. The lowest BCUT2D eigenvalue weighted by Crippen LogP contribution is -2.32. The van der Waals surface area contributed by atoms with Gasteiger partial charge in [0.1, 0.15) is 0 Å². The first kappa shape index (κ1) is 15.3. The second-order valence-corrected chi connectivity index (χ2v) is 3.35. The molecular weight excluding hydrogens is 276 g/mol. The van der Waals surface area contributed by atoms with Gasteiger partial charge in [-0.3, -0.25) is 9.59 Å². The van der Waals surface area contributed by atoms with Crippen LogP contribution in [0.2, 0.25) is 0 Å². The Bertz CT molecular complexity index is 534. The molecule has 0 unspecified atom stereocenters. The topological polar surface area (TPSA) is 103 Å². The van der Waals surface area contributed by atoms with E-state index in [1.807, 2.05) is 5.43 Å². The molecule has 9 heteroatoms. The quantitative estimate of drug-likeness (QED) is 0.459. The monoisotopic (exact) mass is 287 g/mol. The number of carbonyl (C=O) groups is 2. The zero-order chi connectivity index (χ0) is 15.1. The molecule has 3 N–H and O–H groups in total. The first-order valence-electron chi connectivity index (χ1n) is 5.19. The number of amides is 2. The molecule has 0 bridgehead atoms. The molecule has 0 saturated carbocycles. The summed E-state index contributed by atoms with van der Waals surface area (Å²) in [6.45, 7) is -3.01. The van der Waals surface area contributed by atoms with E-state index in [-0.39, 0.29) is 11.5 Å². The molecule has 0 aliphatic heterocycles. The number of primary amides is 1. The molecule has 0 aliphatic carbocycles. The van der Waals surface area contributed by atoms with Gasteiger partial charge in [0, 0.05) is 0 Å². The predicted octanol–water partition coefficient (Wildman–Crippen LogP) is 0.232. The molecule has 0 heterocycles. The molecule has 1 aromatic rings. The number of alkyl halides is 2. The van der Waals surface area contributed by atoms with E-state index < -0.39 is 18.4 Å². The Morgan fingerprint density at radius 3 is 2.65 bits per heavy atom. The van der Waals surface area contributed by atoms with E-state index in [1.165, 1.54) is 25.3 Å². The number of nitrogens with two attached hydrogens (primary N) is 1. The van der Waals surface area contributed by atoms with Crippen molar-refractivity contribution in [3.05, 3.63) is 23.8 Å². The lowest BCUT2D eigenvalue weighted by molar-refractivity contribution is -0.137. The van der Waals surface area contributed by atoms with Gasteiger partial charge in [-0.2, -0.15) is 13.9 Å². The summed E-state index contributed by atoms with van der Waals surface area (Å²) in [6, 6.07) is 4.09. The van der Waals surface area contributed by atoms with Crippen LogP contribution in [0.25, 0.3) is 0 Å². The van der Waals surface area contributed by atoms with Crippen LogP contribution in [-0.2, 0) is 9.59 Å². The summed E-state index contributed by atoms with van der Waals surface area (Å²) in [7, 11) is 1.30. The summed E-state index contributed by atoms with van der Waals surface area (Å²) >= 11 is 0. The van der Waals surface area contributed by atoms with Crippen molar-refractivity contribution in [2.75, 3.05) is 7.11 Å². The van der Waals surface area contributed by atoms with Gasteiger partial charge in [-0.25, -0.2) is 5.43 Å². The number of benzene rings is 1. The highest BCUT2D eigenvalue weighted by Gasteiger charge is 2.11. The highest BCUT2D eigenvalue weighted by Crippen LogP contribution is 2.28. The molecule has 108 valence electrons. The number of carbonyl (C=O) groups excluding carboxylic acids is 2. The normalized spacial score (nSPS) is 10.6. The second-order valence-electron chi connectivity index (χ2n) is 3.35. The van der Waals surface area contributed by atoms with Crippen molar-refractivity contribution in [3.63, 3.8) is 0 Å². The van der Waals surface area contributed by atoms with Gasteiger partial charge in [0.05, 0.1) is 13.3 Å². The molecule has 7 nitrogen and oxygen atoms in total. The smallest absolute Gasteiger partial charge is 0.387 e. The van der Waals surface area contributed by atoms with Crippen molar-refractivity contribution in [2.24, 2.45) is 10.8 Å². The van der Waals surface area contributed by atoms with Crippen molar-refractivity contribution in [2.45, 2.75) is 6.61 Å². The third-order valence-corrected chi connectivity index (χ3v) is 2.01. The molecule has 2 amide bonds.